The topological polar surface area (TPSA) is 55.8 Å². The van der Waals surface area contributed by atoms with Gasteiger partial charge < -0.3 is 14.2 Å². The molecular formula is C18H22ClO4P. The van der Waals surface area contributed by atoms with Gasteiger partial charge in [-0.3, -0.25) is 4.57 Å². The Bertz CT molecular complexity index is 705. The van der Waals surface area contributed by atoms with E-state index in [-0.39, 0.29) is 12.3 Å². The van der Waals surface area contributed by atoms with E-state index in [0.29, 0.717) is 29.4 Å². The molecule has 1 N–H and O–H groups in total. The molecule has 0 aliphatic carbocycles. The van der Waals surface area contributed by atoms with Gasteiger partial charge in [0.15, 0.2) is 0 Å². The highest BCUT2D eigenvalue weighted by Gasteiger charge is 2.25. The molecule has 0 saturated heterocycles. The number of hydrogen-bond donors (Lipinski definition) is 1. The molecule has 0 fully saturated rings. The van der Waals surface area contributed by atoms with Crippen molar-refractivity contribution in [3.05, 3.63) is 64.7 Å². The van der Waals surface area contributed by atoms with Crippen molar-refractivity contribution in [2.24, 2.45) is 0 Å². The van der Waals surface area contributed by atoms with Crippen molar-refractivity contribution in [1.29, 1.82) is 0 Å². The molecule has 2 aromatic carbocycles. The smallest absolute Gasteiger partial charge is 0.332 e. The highest BCUT2D eigenvalue weighted by molar-refractivity contribution is 7.52. The van der Waals surface area contributed by atoms with Crippen LogP contribution in [0, 0.1) is 0 Å². The largest absolute Gasteiger partial charge is 0.489 e. The van der Waals surface area contributed by atoms with Gasteiger partial charge in [-0.1, -0.05) is 48.9 Å². The fraction of sp³-hybridized carbons (Fsp3) is 0.333. The summed E-state index contributed by atoms with van der Waals surface area (Å²) in [6.07, 6.45) is 0.244. The fourth-order valence-corrected chi connectivity index (χ4v) is 3.81. The van der Waals surface area contributed by atoms with Crippen LogP contribution in [0.25, 0.3) is 0 Å². The first-order valence-corrected chi connectivity index (χ1v) is 9.99. The maximum absolute atomic E-state index is 12.3. The van der Waals surface area contributed by atoms with Crippen LogP contribution in [0.15, 0.2) is 48.5 Å². The molecule has 2 unspecified atom stereocenters. The number of hydrogen-bond acceptors (Lipinski definition) is 3. The third kappa shape index (κ3) is 5.95. The highest BCUT2D eigenvalue weighted by atomic mass is 35.5. The zero-order valence-corrected chi connectivity index (χ0v) is 15.5. The first-order valence-electron chi connectivity index (χ1n) is 7.85. The lowest BCUT2D eigenvalue weighted by molar-refractivity contribution is 0.184. The van der Waals surface area contributed by atoms with Gasteiger partial charge in [0, 0.05) is 10.6 Å². The van der Waals surface area contributed by atoms with Crippen molar-refractivity contribution in [2.45, 2.75) is 39.1 Å². The average Bonchev–Trinajstić information content (AvgIpc) is 2.54. The van der Waals surface area contributed by atoms with Crippen molar-refractivity contribution in [1.82, 2.24) is 0 Å². The Hall–Kier alpha value is -1.32. The van der Waals surface area contributed by atoms with E-state index < -0.39 is 7.60 Å². The van der Waals surface area contributed by atoms with Gasteiger partial charge >= 0.3 is 7.60 Å². The van der Waals surface area contributed by atoms with E-state index in [4.69, 9.17) is 20.9 Å². The second-order valence-electron chi connectivity index (χ2n) is 5.65. The summed E-state index contributed by atoms with van der Waals surface area (Å²) in [7, 11) is -3.77. The zero-order valence-electron chi connectivity index (χ0n) is 13.8. The summed E-state index contributed by atoms with van der Waals surface area (Å²) in [5.74, 6) is 0.533. The minimum Gasteiger partial charge on any atom is -0.489 e. The van der Waals surface area contributed by atoms with Gasteiger partial charge in [-0.2, -0.15) is 0 Å². The van der Waals surface area contributed by atoms with Crippen molar-refractivity contribution < 1.29 is 18.7 Å². The Morgan fingerprint density at radius 2 is 1.92 bits per heavy atom. The minimum absolute atomic E-state index is 0.137. The summed E-state index contributed by atoms with van der Waals surface area (Å²) in [6, 6.07) is 14.8. The van der Waals surface area contributed by atoms with Gasteiger partial charge in [0.05, 0.1) is 12.3 Å². The third-order valence-corrected chi connectivity index (χ3v) is 5.21. The van der Waals surface area contributed by atoms with E-state index in [1.807, 2.05) is 37.3 Å². The van der Waals surface area contributed by atoms with Gasteiger partial charge in [0.25, 0.3) is 0 Å². The molecule has 2 aromatic rings. The van der Waals surface area contributed by atoms with Crippen molar-refractivity contribution in [3.63, 3.8) is 0 Å². The van der Waals surface area contributed by atoms with Gasteiger partial charge in [-0.15, -0.1) is 0 Å². The van der Waals surface area contributed by atoms with Crippen molar-refractivity contribution in [2.75, 3.05) is 0 Å². The van der Waals surface area contributed by atoms with E-state index in [1.165, 1.54) is 0 Å². The molecule has 0 heterocycles. The number of halogens is 1. The summed E-state index contributed by atoms with van der Waals surface area (Å²) < 4.78 is 23.4. The summed E-state index contributed by atoms with van der Waals surface area (Å²) in [4.78, 5) is 10.1. The normalized spacial score (nSPS) is 14.8. The van der Waals surface area contributed by atoms with Gasteiger partial charge in [0.2, 0.25) is 0 Å². The summed E-state index contributed by atoms with van der Waals surface area (Å²) in [5.41, 5.74) is 1.58. The lowest BCUT2D eigenvalue weighted by Gasteiger charge is -2.18. The van der Waals surface area contributed by atoms with E-state index in [2.05, 4.69) is 0 Å². The quantitative estimate of drug-likeness (QED) is 0.632. The lowest BCUT2D eigenvalue weighted by Crippen LogP contribution is -2.06. The molecule has 0 saturated carbocycles. The molecule has 0 aliphatic heterocycles. The monoisotopic (exact) mass is 368 g/mol. The zero-order chi connectivity index (χ0) is 17.6. The van der Waals surface area contributed by atoms with E-state index in [9.17, 15) is 9.46 Å². The van der Waals surface area contributed by atoms with Crippen LogP contribution in [0.3, 0.4) is 0 Å². The van der Waals surface area contributed by atoms with Crippen LogP contribution in [0.1, 0.15) is 31.4 Å². The number of rotatable bonds is 8. The fourth-order valence-electron chi connectivity index (χ4n) is 2.16. The second-order valence-corrected chi connectivity index (χ2v) is 7.88. The van der Waals surface area contributed by atoms with E-state index >= 15 is 0 Å². The Labute approximate surface area is 147 Å². The first-order chi connectivity index (χ1) is 11.4. The molecule has 0 aromatic heterocycles. The van der Waals surface area contributed by atoms with Gasteiger partial charge in [-0.25, -0.2) is 0 Å². The van der Waals surface area contributed by atoms with Crippen molar-refractivity contribution >= 4 is 19.2 Å². The molecule has 4 nitrogen and oxygen atoms in total. The van der Waals surface area contributed by atoms with E-state index in [0.717, 1.165) is 5.56 Å². The molecule has 6 heteroatoms. The molecule has 0 spiro atoms. The maximum atomic E-state index is 12.3. The second kappa shape index (κ2) is 8.68. The standard InChI is InChI=1S/C18H22ClO4P/c1-3-14(2)23-24(20,21)13-16-11-17(19)9-10-18(16)22-12-15-7-5-4-6-8-15/h4-11,14H,3,12-13H2,1-2H3,(H,20,21). The molecule has 130 valence electrons. The average molecular weight is 369 g/mol. The van der Waals surface area contributed by atoms with Crippen LogP contribution in [0.2, 0.25) is 5.02 Å². The van der Waals surface area contributed by atoms with Crippen LogP contribution >= 0.6 is 19.2 Å². The maximum Gasteiger partial charge on any atom is 0.332 e. The van der Waals surface area contributed by atoms with Crippen LogP contribution in [0.4, 0.5) is 0 Å². The molecule has 2 atom stereocenters. The summed E-state index contributed by atoms with van der Waals surface area (Å²) in [5, 5.41) is 0.487. The van der Waals surface area contributed by atoms with Crippen LogP contribution in [0.5, 0.6) is 5.75 Å². The minimum atomic E-state index is -3.77. The molecule has 0 bridgehead atoms. The molecule has 0 amide bonds. The summed E-state index contributed by atoms with van der Waals surface area (Å²) >= 11 is 6.03. The Kier molecular flexibility index (Phi) is 6.88. The molecule has 2 rings (SSSR count). The Morgan fingerprint density at radius 3 is 2.58 bits per heavy atom. The van der Waals surface area contributed by atoms with Crippen LogP contribution < -0.4 is 4.74 Å². The molecule has 24 heavy (non-hydrogen) atoms. The Balaban J connectivity index is 2.14. The molecule has 0 aliphatic rings. The number of benzene rings is 2. The van der Waals surface area contributed by atoms with Gasteiger partial charge in [0.1, 0.15) is 12.4 Å². The Morgan fingerprint density at radius 1 is 1.21 bits per heavy atom. The van der Waals surface area contributed by atoms with Crippen molar-refractivity contribution in [3.8, 4) is 5.75 Å². The van der Waals surface area contributed by atoms with Crippen LogP contribution in [-0.4, -0.2) is 11.0 Å². The highest BCUT2D eigenvalue weighted by Crippen LogP contribution is 2.49. The first kappa shape index (κ1) is 19.0. The molecular weight excluding hydrogens is 347 g/mol. The number of ether oxygens (including phenoxy) is 1. The third-order valence-electron chi connectivity index (χ3n) is 3.55. The van der Waals surface area contributed by atoms with Crippen LogP contribution in [-0.2, 0) is 21.9 Å². The SMILES string of the molecule is CCC(C)OP(=O)(O)Cc1cc(Cl)ccc1OCc1ccccc1. The molecule has 0 radical (unpaired) electrons. The lowest BCUT2D eigenvalue weighted by atomic mass is 10.2. The summed E-state index contributed by atoms with van der Waals surface area (Å²) in [6.45, 7) is 4.05. The predicted molar refractivity (Wildman–Crippen MR) is 96.6 cm³/mol. The van der Waals surface area contributed by atoms with E-state index in [1.54, 1.807) is 25.1 Å². The predicted octanol–water partition coefficient (Wildman–Crippen LogP) is 5.42. The van der Waals surface area contributed by atoms with Gasteiger partial charge in [-0.05, 0) is 37.1 Å².